The molecule has 0 aromatic heterocycles. The van der Waals surface area contributed by atoms with Gasteiger partial charge < -0.3 is 14.0 Å². The third-order valence-corrected chi connectivity index (χ3v) is 5.89. The van der Waals surface area contributed by atoms with Gasteiger partial charge in [-0.05, 0) is 50.7 Å². The molecule has 0 aliphatic heterocycles. The highest BCUT2D eigenvalue weighted by atomic mass is 31.2. The second-order valence-electron chi connectivity index (χ2n) is 7.75. The molecular formula is C21H34NO6P. The highest BCUT2D eigenvalue weighted by Crippen LogP contribution is 2.49. The third-order valence-electron chi connectivity index (χ3n) is 4.12. The van der Waals surface area contributed by atoms with Gasteiger partial charge in [-0.25, -0.2) is 14.4 Å². The van der Waals surface area contributed by atoms with E-state index in [1.165, 1.54) is 6.92 Å². The molecule has 0 amide bonds. The van der Waals surface area contributed by atoms with Gasteiger partial charge in [0.25, 0.3) is 0 Å². The second kappa shape index (κ2) is 10.8. The van der Waals surface area contributed by atoms with Gasteiger partial charge >= 0.3 is 19.2 Å². The van der Waals surface area contributed by atoms with Crippen molar-refractivity contribution in [3.63, 3.8) is 0 Å². The van der Waals surface area contributed by atoms with E-state index >= 15 is 0 Å². The minimum absolute atomic E-state index is 0.0293. The van der Waals surface area contributed by atoms with Crippen molar-refractivity contribution in [1.82, 2.24) is 5.09 Å². The highest BCUT2D eigenvalue weighted by molar-refractivity contribution is 7.74. The molecule has 0 bridgehead atoms. The maximum absolute atomic E-state index is 13.6. The highest BCUT2D eigenvalue weighted by Gasteiger charge is 2.41. The second-order valence-corrected chi connectivity index (χ2v) is 9.66. The molecular weight excluding hydrogens is 393 g/mol. The maximum Gasteiger partial charge on any atom is 0.424 e. The van der Waals surface area contributed by atoms with Gasteiger partial charge in [-0.15, -0.1) is 0 Å². The first-order chi connectivity index (χ1) is 13.4. The summed E-state index contributed by atoms with van der Waals surface area (Å²) in [6.07, 6.45) is -0.344. The standard InChI is InChI=1S/C21H34NO6P/c1-9-26-21(24)29(25,22-16(8)20(23)27-15(6)7)28-19-17(13(2)3)11-10-12-18(19)14(4)5/h10-16H,9H2,1-8H3,(H,22,25)/t16-,29?/m0/s1. The number of ether oxygens (including phenoxy) is 2. The fourth-order valence-electron chi connectivity index (χ4n) is 2.68. The van der Waals surface area contributed by atoms with E-state index in [4.69, 9.17) is 14.0 Å². The monoisotopic (exact) mass is 427 g/mol. The lowest BCUT2D eigenvalue weighted by Gasteiger charge is -2.26. The van der Waals surface area contributed by atoms with Crippen LogP contribution in [0.2, 0.25) is 0 Å². The molecule has 0 radical (unpaired) electrons. The summed E-state index contributed by atoms with van der Waals surface area (Å²) in [5.41, 5.74) is 0.609. The van der Waals surface area contributed by atoms with Crippen LogP contribution in [0.4, 0.5) is 4.79 Å². The number of hydrogen-bond acceptors (Lipinski definition) is 6. The van der Waals surface area contributed by atoms with Crippen molar-refractivity contribution >= 4 is 19.2 Å². The van der Waals surface area contributed by atoms with Gasteiger partial charge in [-0.1, -0.05) is 45.9 Å². The first-order valence-corrected chi connectivity index (χ1v) is 11.6. The average Bonchev–Trinajstić information content (AvgIpc) is 2.60. The number of nitrogens with one attached hydrogen (secondary N) is 1. The number of benzene rings is 1. The quantitative estimate of drug-likeness (QED) is 0.384. The van der Waals surface area contributed by atoms with Crippen molar-refractivity contribution in [2.45, 2.75) is 79.4 Å². The SMILES string of the molecule is CCOC(=O)P(=O)(N[C@@H](C)C(=O)OC(C)C)Oc1c(C(C)C)cccc1C(C)C. The zero-order valence-electron chi connectivity index (χ0n) is 18.6. The minimum Gasteiger partial charge on any atom is -0.462 e. The van der Waals surface area contributed by atoms with Gasteiger partial charge in [0.05, 0.1) is 12.7 Å². The lowest BCUT2D eigenvalue weighted by atomic mass is 9.94. The summed E-state index contributed by atoms with van der Waals surface area (Å²) in [5, 5.41) is 2.55. The van der Waals surface area contributed by atoms with Crippen molar-refractivity contribution in [1.29, 1.82) is 0 Å². The summed E-state index contributed by atoms with van der Waals surface area (Å²) in [6.45, 7) is 14.5. The van der Waals surface area contributed by atoms with E-state index in [9.17, 15) is 14.2 Å². The molecule has 0 heterocycles. The number of rotatable bonds is 10. The summed E-state index contributed by atoms with van der Waals surface area (Å²) < 4.78 is 29.6. The maximum atomic E-state index is 13.6. The van der Waals surface area contributed by atoms with E-state index < -0.39 is 25.2 Å². The van der Waals surface area contributed by atoms with E-state index in [0.29, 0.717) is 5.75 Å². The molecule has 1 unspecified atom stereocenters. The number of para-hydroxylation sites is 1. The molecule has 0 spiro atoms. The number of hydrogen-bond donors (Lipinski definition) is 1. The molecule has 2 atom stereocenters. The first-order valence-electron chi connectivity index (χ1n) is 10.0. The topological polar surface area (TPSA) is 90.9 Å². The Kier molecular flexibility index (Phi) is 9.37. The smallest absolute Gasteiger partial charge is 0.424 e. The van der Waals surface area contributed by atoms with Gasteiger partial charge in [0.1, 0.15) is 11.8 Å². The third kappa shape index (κ3) is 6.86. The van der Waals surface area contributed by atoms with Crippen LogP contribution in [0.5, 0.6) is 5.75 Å². The Morgan fingerprint density at radius 1 is 1.00 bits per heavy atom. The van der Waals surface area contributed by atoms with E-state index in [-0.39, 0.29) is 24.5 Å². The van der Waals surface area contributed by atoms with E-state index in [1.54, 1.807) is 20.8 Å². The number of esters is 1. The lowest BCUT2D eigenvalue weighted by Crippen LogP contribution is -2.37. The summed E-state index contributed by atoms with van der Waals surface area (Å²) >= 11 is 0. The molecule has 0 aliphatic rings. The molecule has 0 saturated heterocycles. The Bertz CT molecular complexity index is 733. The van der Waals surface area contributed by atoms with Crippen molar-refractivity contribution in [3.05, 3.63) is 29.3 Å². The van der Waals surface area contributed by atoms with Crippen LogP contribution in [0, 0.1) is 0 Å². The van der Waals surface area contributed by atoms with E-state index in [0.717, 1.165) is 11.1 Å². The predicted octanol–water partition coefficient (Wildman–Crippen LogP) is 5.59. The minimum atomic E-state index is -4.25. The van der Waals surface area contributed by atoms with Crippen molar-refractivity contribution in [2.24, 2.45) is 0 Å². The van der Waals surface area contributed by atoms with Crippen LogP contribution < -0.4 is 9.61 Å². The summed E-state index contributed by atoms with van der Waals surface area (Å²) in [6, 6.07) is 4.62. The van der Waals surface area contributed by atoms with Crippen LogP contribution in [-0.2, 0) is 18.8 Å². The largest absolute Gasteiger partial charge is 0.462 e. The summed E-state index contributed by atoms with van der Waals surface area (Å²) in [5.74, 6) is -0.106. The molecule has 164 valence electrons. The molecule has 7 nitrogen and oxygen atoms in total. The summed E-state index contributed by atoms with van der Waals surface area (Å²) in [4.78, 5) is 24.8. The van der Waals surface area contributed by atoms with Crippen LogP contribution in [0.1, 0.15) is 78.4 Å². The molecule has 8 heteroatoms. The van der Waals surface area contributed by atoms with Crippen molar-refractivity contribution in [2.75, 3.05) is 6.61 Å². The Hall–Kier alpha value is -1.85. The van der Waals surface area contributed by atoms with Crippen molar-refractivity contribution in [3.8, 4) is 5.75 Å². The summed E-state index contributed by atoms with van der Waals surface area (Å²) in [7, 11) is -4.25. The lowest BCUT2D eigenvalue weighted by molar-refractivity contribution is -0.149. The van der Waals surface area contributed by atoms with Gasteiger partial charge in [0.2, 0.25) is 0 Å². The average molecular weight is 427 g/mol. The number of carbonyl (C=O) groups is 2. The normalized spacial score (nSPS) is 14.6. The number of carbonyl (C=O) groups excluding carboxylic acids is 2. The predicted molar refractivity (Wildman–Crippen MR) is 114 cm³/mol. The zero-order valence-corrected chi connectivity index (χ0v) is 19.5. The van der Waals surface area contributed by atoms with Gasteiger partial charge in [0, 0.05) is 0 Å². The molecule has 1 aromatic carbocycles. The molecule has 0 fully saturated rings. The van der Waals surface area contributed by atoms with Gasteiger partial charge in [0.15, 0.2) is 0 Å². The fraction of sp³-hybridized carbons (Fsp3) is 0.619. The van der Waals surface area contributed by atoms with Crippen LogP contribution in [0.25, 0.3) is 0 Å². The van der Waals surface area contributed by atoms with E-state index in [1.807, 2.05) is 45.9 Å². The molecule has 1 aromatic rings. The van der Waals surface area contributed by atoms with Gasteiger partial charge in [-0.3, -0.25) is 4.79 Å². The Labute approximate surface area is 174 Å². The molecule has 1 N–H and O–H groups in total. The fourth-order valence-corrected chi connectivity index (χ4v) is 4.30. The van der Waals surface area contributed by atoms with Gasteiger partial charge in [-0.2, -0.15) is 0 Å². The van der Waals surface area contributed by atoms with Crippen LogP contribution in [0.15, 0.2) is 18.2 Å². The van der Waals surface area contributed by atoms with Crippen LogP contribution >= 0.6 is 7.52 Å². The molecule has 1 rings (SSSR count). The Balaban J connectivity index is 3.39. The zero-order chi connectivity index (χ0) is 22.4. The molecule has 0 saturated carbocycles. The Morgan fingerprint density at radius 2 is 1.52 bits per heavy atom. The first kappa shape index (κ1) is 25.2. The van der Waals surface area contributed by atoms with E-state index in [2.05, 4.69) is 5.09 Å². The molecule has 0 aliphatic carbocycles. The van der Waals surface area contributed by atoms with Crippen LogP contribution in [0.3, 0.4) is 0 Å². The van der Waals surface area contributed by atoms with Crippen molar-refractivity contribution < 1.29 is 28.2 Å². The molecule has 29 heavy (non-hydrogen) atoms. The Morgan fingerprint density at radius 3 is 1.93 bits per heavy atom. The van der Waals surface area contributed by atoms with Crippen LogP contribution in [-0.4, -0.2) is 30.4 Å².